The number of nitrogens with two attached hydrogens (primary N) is 1. The molecule has 3 rings (SSSR count). The lowest BCUT2D eigenvalue weighted by Gasteiger charge is -2.04. The number of rotatable bonds is 2. The van der Waals surface area contributed by atoms with Crippen molar-refractivity contribution in [3.63, 3.8) is 0 Å². The fourth-order valence-electron chi connectivity index (χ4n) is 1.69. The summed E-state index contributed by atoms with van der Waals surface area (Å²) in [7, 11) is 0. The molecule has 0 radical (unpaired) electrons. The van der Waals surface area contributed by atoms with Crippen molar-refractivity contribution in [1.82, 2.24) is 19.3 Å². The molecule has 0 amide bonds. The Hall–Kier alpha value is -1.63. The van der Waals surface area contributed by atoms with E-state index in [9.17, 15) is 4.79 Å². The summed E-state index contributed by atoms with van der Waals surface area (Å²) in [5, 5.41) is 4.03. The third-order valence-corrected chi connectivity index (χ3v) is 3.31. The molecule has 0 aliphatic heterocycles. The Bertz CT molecular complexity index is 608. The summed E-state index contributed by atoms with van der Waals surface area (Å²) < 4.78 is 3.76. The molecule has 2 aromatic rings. The molecular formula is C10H10BrN5O. The summed E-state index contributed by atoms with van der Waals surface area (Å²) >= 11 is 3.25. The van der Waals surface area contributed by atoms with Crippen LogP contribution in [0.25, 0.3) is 5.82 Å². The largest absolute Gasteiger partial charge is 0.381 e. The van der Waals surface area contributed by atoms with Gasteiger partial charge in [0.25, 0.3) is 5.56 Å². The summed E-state index contributed by atoms with van der Waals surface area (Å²) in [6.07, 6.45) is 7.06. The number of halogens is 1. The predicted molar refractivity (Wildman–Crippen MR) is 66.0 cm³/mol. The van der Waals surface area contributed by atoms with E-state index in [-0.39, 0.29) is 11.4 Å². The Kier molecular flexibility index (Phi) is 2.29. The molecule has 7 heteroatoms. The van der Waals surface area contributed by atoms with Crippen molar-refractivity contribution in [2.75, 3.05) is 5.73 Å². The second-order valence-electron chi connectivity index (χ2n) is 4.00. The molecule has 0 spiro atoms. The van der Waals surface area contributed by atoms with Crippen LogP contribution in [-0.4, -0.2) is 19.3 Å². The molecule has 1 aliphatic carbocycles. The molecule has 1 saturated carbocycles. The molecule has 0 saturated heterocycles. The maximum absolute atomic E-state index is 12.2. The smallest absolute Gasteiger partial charge is 0.295 e. The number of hydrogen-bond donors (Lipinski definition) is 1. The zero-order chi connectivity index (χ0) is 12.0. The molecule has 2 N–H and O–H groups in total. The first kappa shape index (κ1) is 10.5. The molecule has 2 heterocycles. The molecule has 1 aliphatic rings. The van der Waals surface area contributed by atoms with Crippen LogP contribution in [0.3, 0.4) is 0 Å². The van der Waals surface area contributed by atoms with Crippen LogP contribution in [0.1, 0.15) is 18.9 Å². The van der Waals surface area contributed by atoms with E-state index in [4.69, 9.17) is 5.73 Å². The van der Waals surface area contributed by atoms with E-state index in [1.54, 1.807) is 23.2 Å². The van der Waals surface area contributed by atoms with Gasteiger partial charge >= 0.3 is 0 Å². The van der Waals surface area contributed by atoms with Crippen LogP contribution in [0.5, 0.6) is 0 Å². The SMILES string of the molecule is Nc1nn(-c2nccn(C3CC3)c2=O)cc1Br. The van der Waals surface area contributed by atoms with E-state index >= 15 is 0 Å². The van der Waals surface area contributed by atoms with Crippen LogP contribution < -0.4 is 11.3 Å². The zero-order valence-corrected chi connectivity index (χ0v) is 10.5. The van der Waals surface area contributed by atoms with Gasteiger partial charge in [-0.05, 0) is 28.8 Å². The lowest BCUT2D eigenvalue weighted by molar-refractivity contribution is 0.678. The zero-order valence-electron chi connectivity index (χ0n) is 8.88. The van der Waals surface area contributed by atoms with Gasteiger partial charge < -0.3 is 10.3 Å². The minimum Gasteiger partial charge on any atom is -0.381 e. The molecule has 0 unspecified atom stereocenters. The van der Waals surface area contributed by atoms with Crippen LogP contribution in [0, 0.1) is 0 Å². The number of nitrogen functional groups attached to an aromatic ring is 1. The van der Waals surface area contributed by atoms with E-state index in [1.807, 2.05) is 0 Å². The van der Waals surface area contributed by atoms with Crippen molar-refractivity contribution in [2.24, 2.45) is 0 Å². The fourth-order valence-corrected chi connectivity index (χ4v) is 1.96. The second kappa shape index (κ2) is 3.69. The van der Waals surface area contributed by atoms with E-state index < -0.39 is 0 Å². The Labute approximate surface area is 105 Å². The van der Waals surface area contributed by atoms with Gasteiger partial charge in [-0.25, -0.2) is 9.67 Å². The van der Waals surface area contributed by atoms with Gasteiger partial charge in [-0.2, -0.15) is 0 Å². The van der Waals surface area contributed by atoms with Gasteiger partial charge in [0.15, 0.2) is 5.82 Å². The summed E-state index contributed by atoms with van der Waals surface area (Å²) in [5.41, 5.74) is 5.49. The average Bonchev–Trinajstić information content (AvgIpc) is 3.07. The Morgan fingerprint density at radius 1 is 1.47 bits per heavy atom. The monoisotopic (exact) mass is 295 g/mol. The first-order valence-corrected chi connectivity index (χ1v) is 6.04. The van der Waals surface area contributed by atoms with Crippen molar-refractivity contribution in [2.45, 2.75) is 18.9 Å². The summed E-state index contributed by atoms with van der Waals surface area (Å²) in [6.45, 7) is 0. The van der Waals surface area contributed by atoms with E-state index in [2.05, 4.69) is 26.0 Å². The van der Waals surface area contributed by atoms with E-state index in [1.165, 1.54) is 4.68 Å². The molecule has 0 bridgehead atoms. The molecular weight excluding hydrogens is 286 g/mol. The number of hydrogen-bond acceptors (Lipinski definition) is 4. The van der Waals surface area contributed by atoms with Crippen molar-refractivity contribution in [3.8, 4) is 5.82 Å². The highest BCUT2D eigenvalue weighted by molar-refractivity contribution is 9.10. The second-order valence-corrected chi connectivity index (χ2v) is 4.86. The molecule has 6 nitrogen and oxygen atoms in total. The van der Waals surface area contributed by atoms with Gasteiger partial charge in [-0.3, -0.25) is 4.79 Å². The lowest BCUT2D eigenvalue weighted by Crippen LogP contribution is -2.24. The molecule has 0 atom stereocenters. The molecule has 88 valence electrons. The van der Waals surface area contributed by atoms with Gasteiger partial charge in [0.05, 0.1) is 4.47 Å². The van der Waals surface area contributed by atoms with Crippen molar-refractivity contribution in [3.05, 3.63) is 33.4 Å². The highest BCUT2D eigenvalue weighted by Crippen LogP contribution is 2.33. The molecule has 17 heavy (non-hydrogen) atoms. The Balaban J connectivity index is 2.14. The third kappa shape index (κ3) is 1.76. The van der Waals surface area contributed by atoms with Gasteiger partial charge in [0.1, 0.15) is 0 Å². The first-order chi connectivity index (χ1) is 8.16. The summed E-state index contributed by atoms with van der Waals surface area (Å²) in [6, 6.07) is 0.320. The first-order valence-electron chi connectivity index (χ1n) is 5.25. The van der Waals surface area contributed by atoms with Gasteiger partial charge in [-0.1, -0.05) is 0 Å². The van der Waals surface area contributed by atoms with Crippen LogP contribution in [0.15, 0.2) is 27.9 Å². The van der Waals surface area contributed by atoms with Crippen molar-refractivity contribution >= 4 is 21.7 Å². The highest BCUT2D eigenvalue weighted by Gasteiger charge is 2.25. The maximum atomic E-state index is 12.2. The van der Waals surface area contributed by atoms with Crippen molar-refractivity contribution < 1.29 is 0 Å². The maximum Gasteiger partial charge on any atom is 0.295 e. The van der Waals surface area contributed by atoms with Gasteiger partial charge in [-0.15, -0.1) is 5.10 Å². The molecule has 1 fully saturated rings. The van der Waals surface area contributed by atoms with Crippen LogP contribution in [0.2, 0.25) is 0 Å². The number of aromatic nitrogens is 4. The number of anilines is 1. The van der Waals surface area contributed by atoms with Crippen LogP contribution in [-0.2, 0) is 0 Å². The van der Waals surface area contributed by atoms with Gasteiger partial charge in [0.2, 0.25) is 5.82 Å². The minimum absolute atomic E-state index is 0.134. The number of nitrogens with zero attached hydrogens (tertiary/aromatic N) is 4. The van der Waals surface area contributed by atoms with Crippen molar-refractivity contribution in [1.29, 1.82) is 0 Å². The topological polar surface area (TPSA) is 78.7 Å². The highest BCUT2D eigenvalue weighted by atomic mass is 79.9. The predicted octanol–water partition coefficient (Wildman–Crippen LogP) is 1.11. The molecule has 0 aromatic carbocycles. The Morgan fingerprint density at radius 3 is 2.82 bits per heavy atom. The normalized spacial score (nSPS) is 15.1. The lowest BCUT2D eigenvalue weighted by atomic mass is 10.5. The molecule has 2 aromatic heterocycles. The minimum atomic E-state index is -0.134. The third-order valence-electron chi connectivity index (χ3n) is 2.70. The van der Waals surface area contributed by atoms with E-state index in [0.717, 1.165) is 12.8 Å². The summed E-state index contributed by atoms with van der Waals surface area (Å²) in [5.74, 6) is 0.616. The standard InChI is InChI=1S/C10H10BrN5O/c11-7-5-16(14-8(7)12)9-10(17)15(4-3-13-9)6-1-2-6/h3-6H,1-2H2,(H2,12,14). The quantitative estimate of drug-likeness (QED) is 0.900. The Morgan fingerprint density at radius 2 is 2.24 bits per heavy atom. The van der Waals surface area contributed by atoms with Crippen LogP contribution in [0.4, 0.5) is 5.82 Å². The van der Waals surface area contributed by atoms with Crippen LogP contribution >= 0.6 is 15.9 Å². The van der Waals surface area contributed by atoms with E-state index in [0.29, 0.717) is 16.3 Å². The average molecular weight is 296 g/mol. The van der Waals surface area contributed by atoms with Gasteiger partial charge in [0, 0.05) is 24.6 Å². The fraction of sp³-hybridized carbons (Fsp3) is 0.300. The summed E-state index contributed by atoms with van der Waals surface area (Å²) in [4.78, 5) is 16.2.